The Balaban J connectivity index is 3.04. The van der Waals surface area contributed by atoms with Crippen LogP contribution in [0.1, 0.15) is 12.0 Å². The lowest BCUT2D eigenvalue weighted by atomic mass is 10.2. The van der Waals surface area contributed by atoms with Crippen LogP contribution in [0.15, 0.2) is 12.1 Å². The second-order valence-electron chi connectivity index (χ2n) is 2.49. The van der Waals surface area contributed by atoms with Crippen LogP contribution in [0.3, 0.4) is 0 Å². The third-order valence-electron chi connectivity index (χ3n) is 1.44. The van der Waals surface area contributed by atoms with Gasteiger partial charge in [-0.2, -0.15) is 0 Å². The molecule has 0 spiro atoms. The van der Waals surface area contributed by atoms with Gasteiger partial charge in [0.25, 0.3) is 0 Å². The molecule has 0 aliphatic rings. The highest BCUT2D eigenvalue weighted by atomic mass is 35.5. The Morgan fingerprint density at radius 2 is 2.00 bits per heavy atom. The Bertz CT molecular complexity index is 390. The lowest BCUT2D eigenvalue weighted by Gasteiger charge is -1.98. The van der Waals surface area contributed by atoms with Crippen LogP contribution >= 0.6 is 34.8 Å². The smallest absolute Gasteiger partial charge is 0.144 e. The van der Waals surface area contributed by atoms with E-state index in [1.165, 1.54) is 6.07 Å². The highest BCUT2D eigenvalue weighted by Gasteiger charge is 2.05. The lowest BCUT2D eigenvalue weighted by Crippen LogP contribution is -1.83. The third-order valence-corrected chi connectivity index (χ3v) is 2.23. The summed E-state index contributed by atoms with van der Waals surface area (Å²) in [6, 6.07) is 2.67. The van der Waals surface area contributed by atoms with Crippen LogP contribution in [0.2, 0.25) is 10.0 Å². The lowest BCUT2D eigenvalue weighted by molar-refractivity contribution is 0.628. The van der Waals surface area contributed by atoms with Gasteiger partial charge in [-0.1, -0.05) is 35.0 Å². The van der Waals surface area contributed by atoms with Gasteiger partial charge in [0.1, 0.15) is 5.82 Å². The van der Waals surface area contributed by atoms with Crippen molar-refractivity contribution >= 4 is 34.8 Å². The van der Waals surface area contributed by atoms with E-state index in [1.807, 2.05) is 0 Å². The molecule has 0 aliphatic heterocycles. The Morgan fingerprint density at radius 1 is 1.29 bits per heavy atom. The summed E-state index contributed by atoms with van der Waals surface area (Å²) in [6.45, 7) is 0. The highest BCUT2D eigenvalue weighted by Crippen LogP contribution is 2.23. The van der Waals surface area contributed by atoms with Crippen molar-refractivity contribution in [2.24, 2.45) is 0 Å². The van der Waals surface area contributed by atoms with E-state index < -0.39 is 5.82 Å². The fourth-order valence-corrected chi connectivity index (χ4v) is 1.31. The number of hydrogen-bond acceptors (Lipinski definition) is 0. The zero-order valence-electron chi connectivity index (χ0n) is 7.08. The monoisotopic (exact) mass is 250 g/mol. The molecule has 0 aliphatic carbocycles. The maximum absolute atomic E-state index is 13.0. The molecule has 14 heavy (non-hydrogen) atoms. The quantitative estimate of drug-likeness (QED) is 0.400. The number of rotatable bonds is 1. The van der Waals surface area contributed by atoms with E-state index in [2.05, 4.69) is 11.8 Å². The van der Waals surface area contributed by atoms with E-state index in [9.17, 15) is 4.39 Å². The molecular weight excluding hydrogens is 245 g/mol. The van der Waals surface area contributed by atoms with Crippen LogP contribution in [-0.4, -0.2) is 5.88 Å². The summed E-state index contributed by atoms with van der Waals surface area (Å²) in [4.78, 5) is 0. The van der Waals surface area contributed by atoms with Gasteiger partial charge < -0.3 is 0 Å². The van der Waals surface area contributed by atoms with E-state index in [0.29, 0.717) is 17.9 Å². The zero-order valence-corrected chi connectivity index (χ0v) is 9.35. The van der Waals surface area contributed by atoms with Crippen LogP contribution in [0, 0.1) is 17.7 Å². The number of halogens is 4. The average Bonchev–Trinajstić information content (AvgIpc) is 2.13. The van der Waals surface area contributed by atoms with Crippen molar-refractivity contribution in [2.45, 2.75) is 6.42 Å². The Hall–Kier alpha value is -0.420. The van der Waals surface area contributed by atoms with Crippen molar-refractivity contribution in [3.63, 3.8) is 0 Å². The molecule has 0 aromatic heterocycles. The van der Waals surface area contributed by atoms with Crippen LogP contribution in [-0.2, 0) is 0 Å². The minimum Gasteiger partial charge on any atom is -0.205 e. The van der Waals surface area contributed by atoms with Crippen LogP contribution in [0.25, 0.3) is 0 Å². The number of benzene rings is 1. The summed E-state index contributed by atoms with van der Waals surface area (Å²) in [5.74, 6) is 5.34. The number of alkyl halides is 1. The van der Waals surface area contributed by atoms with Gasteiger partial charge in [-0.25, -0.2) is 4.39 Å². The Morgan fingerprint density at radius 3 is 2.64 bits per heavy atom. The predicted octanol–water partition coefficient (Wildman–Crippen LogP) is 4.11. The van der Waals surface area contributed by atoms with Crippen molar-refractivity contribution < 1.29 is 4.39 Å². The van der Waals surface area contributed by atoms with Gasteiger partial charge in [0, 0.05) is 22.9 Å². The predicted molar refractivity (Wildman–Crippen MR) is 58.6 cm³/mol. The van der Waals surface area contributed by atoms with Gasteiger partial charge >= 0.3 is 0 Å². The largest absolute Gasteiger partial charge is 0.205 e. The first-order chi connectivity index (χ1) is 6.65. The van der Waals surface area contributed by atoms with E-state index in [0.717, 1.165) is 6.07 Å². The molecule has 74 valence electrons. The summed E-state index contributed by atoms with van der Waals surface area (Å²) in [6.07, 6.45) is 0.534. The molecule has 0 nitrogen and oxygen atoms in total. The van der Waals surface area contributed by atoms with Crippen molar-refractivity contribution in [2.75, 3.05) is 5.88 Å². The van der Waals surface area contributed by atoms with Crippen molar-refractivity contribution in [3.05, 3.63) is 33.6 Å². The molecule has 0 radical (unpaired) electrons. The molecule has 4 heteroatoms. The van der Waals surface area contributed by atoms with Crippen molar-refractivity contribution in [1.82, 2.24) is 0 Å². The standard InChI is InChI=1S/C10H6Cl3F/c11-4-2-1-3-7-5-8(12)6-9(14)10(7)13/h5-6H,2,4H2. The molecule has 0 heterocycles. The summed E-state index contributed by atoms with van der Waals surface area (Å²) in [5, 5.41) is 0.276. The van der Waals surface area contributed by atoms with Gasteiger partial charge in [0.2, 0.25) is 0 Å². The second kappa shape index (κ2) is 5.46. The molecule has 0 amide bonds. The maximum atomic E-state index is 13.0. The topological polar surface area (TPSA) is 0 Å². The fraction of sp³-hybridized carbons (Fsp3) is 0.200. The summed E-state index contributed by atoms with van der Waals surface area (Å²) < 4.78 is 13.0. The van der Waals surface area contributed by atoms with Gasteiger partial charge in [-0.05, 0) is 12.1 Å². The van der Waals surface area contributed by atoms with Gasteiger partial charge in [-0.3, -0.25) is 0 Å². The molecule has 0 N–H and O–H groups in total. The first kappa shape index (κ1) is 11.7. The van der Waals surface area contributed by atoms with Crippen LogP contribution in [0.5, 0.6) is 0 Å². The summed E-state index contributed by atoms with van der Waals surface area (Å²) in [5.41, 5.74) is 0.391. The fourth-order valence-electron chi connectivity index (χ4n) is 0.852. The molecule has 0 atom stereocenters. The minimum atomic E-state index is -0.561. The van der Waals surface area contributed by atoms with E-state index in [4.69, 9.17) is 34.8 Å². The third kappa shape index (κ3) is 3.06. The molecular formula is C10H6Cl3F. The van der Waals surface area contributed by atoms with Gasteiger partial charge in [0.15, 0.2) is 0 Å². The average molecular weight is 252 g/mol. The first-order valence-corrected chi connectivity index (χ1v) is 5.13. The molecule has 0 unspecified atom stereocenters. The van der Waals surface area contributed by atoms with E-state index >= 15 is 0 Å². The SMILES string of the molecule is Fc1cc(Cl)cc(C#CCCCl)c1Cl. The van der Waals surface area contributed by atoms with Crippen molar-refractivity contribution in [1.29, 1.82) is 0 Å². The second-order valence-corrected chi connectivity index (χ2v) is 3.68. The summed E-state index contributed by atoms with van der Waals surface area (Å²) in [7, 11) is 0. The van der Waals surface area contributed by atoms with Crippen molar-refractivity contribution in [3.8, 4) is 11.8 Å². The van der Waals surface area contributed by atoms with Gasteiger partial charge in [0.05, 0.1) is 5.02 Å². The van der Waals surface area contributed by atoms with Crippen LogP contribution in [0.4, 0.5) is 4.39 Å². The highest BCUT2D eigenvalue weighted by molar-refractivity contribution is 6.34. The van der Waals surface area contributed by atoms with Gasteiger partial charge in [-0.15, -0.1) is 11.6 Å². The Kier molecular flexibility index (Phi) is 4.54. The van der Waals surface area contributed by atoms with Crippen LogP contribution < -0.4 is 0 Å². The summed E-state index contributed by atoms with van der Waals surface area (Å²) >= 11 is 16.8. The zero-order chi connectivity index (χ0) is 10.6. The first-order valence-electron chi connectivity index (χ1n) is 3.84. The molecule has 0 bridgehead atoms. The molecule has 1 aromatic carbocycles. The normalized spacial score (nSPS) is 9.43. The Labute approximate surface area is 97.0 Å². The molecule has 1 aromatic rings. The van der Waals surface area contributed by atoms with E-state index in [1.54, 1.807) is 0 Å². The number of hydrogen-bond donors (Lipinski definition) is 0. The van der Waals surface area contributed by atoms with E-state index in [-0.39, 0.29) is 10.0 Å². The molecule has 0 saturated heterocycles. The molecule has 1 rings (SSSR count). The molecule has 0 saturated carbocycles. The molecule has 0 fully saturated rings. The minimum absolute atomic E-state index is 0.00327. The maximum Gasteiger partial charge on any atom is 0.144 e.